The minimum Gasteiger partial charge on any atom is -0.446 e. The number of fused-ring (bicyclic) bond motifs is 1. The summed E-state index contributed by atoms with van der Waals surface area (Å²) in [4.78, 5) is 28.6. The largest absolute Gasteiger partial charge is 0.446 e. The maximum absolute atomic E-state index is 12.5. The topological polar surface area (TPSA) is 82.4 Å². The van der Waals surface area contributed by atoms with Gasteiger partial charge in [0.1, 0.15) is 17.2 Å². The van der Waals surface area contributed by atoms with Crippen LogP contribution in [0.3, 0.4) is 0 Å². The minimum absolute atomic E-state index is 0.190. The Bertz CT molecular complexity index is 1000. The van der Waals surface area contributed by atoms with Gasteiger partial charge in [-0.15, -0.1) is 22.7 Å². The molecule has 1 saturated heterocycles. The van der Waals surface area contributed by atoms with Crippen LogP contribution in [0.15, 0.2) is 23.6 Å². The van der Waals surface area contributed by atoms with Gasteiger partial charge in [-0.2, -0.15) is 5.26 Å². The van der Waals surface area contributed by atoms with Gasteiger partial charge in [-0.05, 0) is 55.7 Å². The summed E-state index contributed by atoms with van der Waals surface area (Å²) < 4.78 is 5.76. The van der Waals surface area contributed by atoms with Crippen molar-refractivity contribution in [3.05, 3.63) is 44.5 Å². The molecule has 30 heavy (non-hydrogen) atoms. The number of rotatable bonds is 4. The van der Waals surface area contributed by atoms with Crippen molar-refractivity contribution in [2.24, 2.45) is 0 Å². The maximum Gasteiger partial charge on any atom is 0.410 e. The fourth-order valence-corrected chi connectivity index (χ4v) is 5.86. The summed E-state index contributed by atoms with van der Waals surface area (Å²) >= 11 is 2.96. The molecule has 0 radical (unpaired) electrons. The SMILES string of the molecule is CC1CCCN1C(=O)OC1CCc2c(sc(NC(=O)C=Cc3cccs3)c2C#N)C1. The van der Waals surface area contributed by atoms with Gasteiger partial charge < -0.3 is 15.0 Å². The highest BCUT2D eigenvalue weighted by molar-refractivity contribution is 7.16. The minimum atomic E-state index is -0.260. The molecule has 2 aromatic heterocycles. The van der Waals surface area contributed by atoms with Crippen molar-refractivity contribution in [1.29, 1.82) is 5.26 Å². The summed E-state index contributed by atoms with van der Waals surface area (Å²) in [5.41, 5.74) is 1.51. The van der Waals surface area contributed by atoms with E-state index in [1.54, 1.807) is 22.3 Å². The number of ether oxygens (including phenoxy) is 1. The molecule has 0 bridgehead atoms. The van der Waals surface area contributed by atoms with Crippen LogP contribution in [0.25, 0.3) is 6.08 Å². The molecule has 1 aliphatic heterocycles. The predicted octanol–water partition coefficient (Wildman–Crippen LogP) is 4.81. The van der Waals surface area contributed by atoms with Crippen LogP contribution in [0.5, 0.6) is 0 Å². The number of nitrogens with one attached hydrogen (secondary N) is 1. The molecule has 0 saturated carbocycles. The highest BCUT2D eigenvalue weighted by Gasteiger charge is 2.32. The zero-order valence-electron chi connectivity index (χ0n) is 16.7. The fourth-order valence-electron chi connectivity index (χ4n) is 3.97. The lowest BCUT2D eigenvalue weighted by atomic mass is 9.94. The Balaban J connectivity index is 1.42. The van der Waals surface area contributed by atoms with Crippen molar-refractivity contribution in [1.82, 2.24) is 4.90 Å². The van der Waals surface area contributed by atoms with Crippen LogP contribution in [0, 0.1) is 11.3 Å². The Hall–Kier alpha value is -2.63. The number of hydrogen-bond donors (Lipinski definition) is 1. The van der Waals surface area contributed by atoms with Gasteiger partial charge in [0.25, 0.3) is 0 Å². The molecule has 4 rings (SSSR count). The monoisotopic (exact) mass is 441 g/mol. The molecule has 0 aromatic carbocycles. The van der Waals surface area contributed by atoms with Crippen molar-refractivity contribution < 1.29 is 14.3 Å². The lowest BCUT2D eigenvalue weighted by Crippen LogP contribution is -2.37. The van der Waals surface area contributed by atoms with Gasteiger partial charge in [-0.3, -0.25) is 4.79 Å². The average Bonchev–Trinajstić information content (AvgIpc) is 3.45. The Kier molecular flexibility index (Phi) is 6.21. The van der Waals surface area contributed by atoms with E-state index in [2.05, 4.69) is 11.4 Å². The molecule has 1 fully saturated rings. The standard InChI is InChI=1S/C22H23N3O3S2/c1-14-4-2-10-25(14)22(27)28-15-6-8-17-18(13-23)21(30-19(17)12-15)24-20(26)9-7-16-5-3-11-29-16/h3,5,7,9,11,14-15H,2,4,6,8,10,12H2,1H3,(H,24,26). The van der Waals surface area contributed by atoms with Gasteiger partial charge in [0, 0.05) is 34.8 Å². The van der Waals surface area contributed by atoms with E-state index in [-0.39, 0.29) is 24.1 Å². The molecule has 1 N–H and O–H groups in total. The summed E-state index contributed by atoms with van der Waals surface area (Å²) in [6.45, 7) is 2.80. The molecule has 2 atom stereocenters. The molecule has 2 aliphatic rings. The first-order valence-corrected chi connectivity index (χ1v) is 11.8. The molecule has 0 spiro atoms. The summed E-state index contributed by atoms with van der Waals surface area (Å²) in [6, 6.07) is 6.33. The second-order valence-corrected chi connectivity index (χ2v) is 9.68. The lowest BCUT2D eigenvalue weighted by molar-refractivity contribution is -0.111. The normalized spacial score (nSPS) is 20.7. The summed E-state index contributed by atoms with van der Waals surface area (Å²) in [5.74, 6) is -0.260. The molecule has 2 unspecified atom stereocenters. The number of carbonyl (C=O) groups excluding carboxylic acids is 2. The van der Waals surface area contributed by atoms with Crippen molar-refractivity contribution in [3.8, 4) is 6.07 Å². The van der Waals surface area contributed by atoms with Gasteiger partial charge in [-0.1, -0.05) is 6.07 Å². The Morgan fingerprint density at radius 2 is 2.27 bits per heavy atom. The number of likely N-dealkylation sites (tertiary alicyclic amines) is 1. The van der Waals surface area contributed by atoms with E-state index in [0.717, 1.165) is 34.7 Å². The van der Waals surface area contributed by atoms with Gasteiger partial charge in [0.15, 0.2) is 0 Å². The molecule has 2 amide bonds. The van der Waals surface area contributed by atoms with Crippen LogP contribution in [-0.2, 0) is 22.4 Å². The Morgan fingerprint density at radius 3 is 2.97 bits per heavy atom. The second kappa shape index (κ2) is 9.02. The molecular formula is C22H23N3O3S2. The number of anilines is 1. The van der Waals surface area contributed by atoms with E-state index in [9.17, 15) is 14.9 Å². The number of nitrogens with zero attached hydrogens (tertiary/aromatic N) is 2. The van der Waals surface area contributed by atoms with Crippen LogP contribution in [0.2, 0.25) is 0 Å². The number of hydrogen-bond acceptors (Lipinski definition) is 6. The average molecular weight is 442 g/mol. The van der Waals surface area contributed by atoms with E-state index >= 15 is 0 Å². The fraction of sp³-hybridized carbons (Fsp3) is 0.409. The molecule has 156 valence electrons. The summed E-state index contributed by atoms with van der Waals surface area (Å²) in [6.07, 6.45) is 6.80. The molecule has 1 aliphatic carbocycles. The van der Waals surface area contributed by atoms with Crippen molar-refractivity contribution in [2.75, 3.05) is 11.9 Å². The molecule has 8 heteroatoms. The number of nitriles is 1. The van der Waals surface area contributed by atoms with Crippen molar-refractivity contribution >= 4 is 45.8 Å². The third-order valence-electron chi connectivity index (χ3n) is 5.57. The van der Waals surface area contributed by atoms with Crippen LogP contribution in [0.4, 0.5) is 9.80 Å². The summed E-state index contributed by atoms with van der Waals surface area (Å²) in [5, 5.41) is 15.0. The number of carbonyl (C=O) groups is 2. The van der Waals surface area contributed by atoms with Crippen LogP contribution in [-0.4, -0.2) is 35.6 Å². The highest BCUT2D eigenvalue weighted by Crippen LogP contribution is 2.38. The molecule has 6 nitrogen and oxygen atoms in total. The van der Waals surface area contributed by atoms with E-state index in [1.165, 1.54) is 17.4 Å². The van der Waals surface area contributed by atoms with Gasteiger partial charge in [0.2, 0.25) is 5.91 Å². The van der Waals surface area contributed by atoms with Gasteiger partial charge >= 0.3 is 6.09 Å². The van der Waals surface area contributed by atoms with E-state index in [0.29, 0.717) is 29.8 Å². The molecular weight excluding hydrogens is 418 g/mol. The Morgan fingerprint density at radius 1 is 1.40 bits per heavy atom. The lowest BCUT2D eigenvalue weighted by Gasteiger charge is -2.27. The van der Waals surface area contributed by atoms with Gasteiger partial charge in [-0.25, -0.2) is 4.79 Å². The first-order valence-electron chi connectivity index (χ1n) is 10.1. The third kappa shape index (κ3) is 4.42. The van der Waals surface area contributed by atoms with Crippen molar-refractivity contribution in [3.63, 3.8) is 0 Å². The Labute approximate surface area is 183 Å². The van der Waals surface area contributed by atoms with E-state index in [4.69, 9.17) is 4.74 Å². The van der Waals surface area contributed by atoms with Crippen LogP contribution in [0.1, 0.15) is 47.1 Å². The van der Waals surface area contributed by atoms with Crippen LogP contribution < -0.4 is 5.32 Å². The first-order chi connectivity index (χ1) is 14.5. The zero-order chi connectivity index (χ0) is 21.1. The van der Waals surface area contributed by atoms with E-state index < -0.39 is 0 Å². The molecule has 2 aromatic rings. The first kappa shape index (κ1) is 20.6. The van der Waals surface area contributed by atoms with Gasteiger partial charge in [0.05, 0.1) is 5.56 Å². The predicted molar refractivity (Wildman–Crippen MR) is 119 cm³/mol. The third-order valence-corrected chi connectivity index (χ3v) is 7.57. The maximum atomic E-state index is 12.5. The summed E-state index contributed by atoms with van der Waals surface area (Å²) in [7, 11) is 0. The second-order valence-electron chi connectivity index (χ2n) is 7.59. The van der Waals surface area contributed by atoms with Crippen LogP contribution >= 0.6 is 22.7 Å². The molecule has 3 heterocycles. The highest BCUT2D eigenvalue weighted by atomic mass is 32.1. The number of thiophene rings is 2. The number of amides is 2. The smallest absolute Gasteiger partial charge is 0.410 e. The zero-order valence-corrected chi connectivity index (χ0v) is 18.4. The van der Waals surface area contributed by atoms with E-state index in [1.807, 2.05) is 24.4 Å². The van der Waals surface area contributed by atoms with Crippen molar-refractivity contribution in [2.45, 2.75) is 51.2 Å². The quantitative estimate of drug-likeness (QED) is 0.690.